The number of carboxylic acids is 1. The lowest BCUT2D eigenvalue weighted by molar-refractivity contribution is -0.141. The molecule has 4 rings (SSSR count). The van der Waals surface area contributed by atoms with Crippen LogP contribution in [0.2, 0.25) is 0 Å². The van der Waals surface area contributed by atoms with Crippen molar-refractivity contribution >= 4 is 5.97 Å². The van der Waals surface area contributed by atoms with Gasteiger partial charge in [0.05, 0.1) is 0 Å². The molecule has 0 aliphatic rings. The molecule has 0 saturated carbocycles. The third kappa shape index (κ3) is 4.47. The molecule has 0 saturated heterocycles. The number of aromatic nitrogens is 6. The van der Waals surface area contributed by atoms with Crippen molar-refractivity contribution in [2.45, 2.75) is 32.5 Å². The second kappa shape index (κ2) is 8.85. The quantitative estimate of drug-likeness (QED) is 0.425. The maximum atomic E-state index is 13.5. The number of hydrogen-bond acceptors (Lipinski definition) is 5. The normalized spacial score (nSPS) is 11.6. The van der Waals surface area contributed by atoms with Gasteiger partial charge in [0.25, 0.3) is 0 Å². The number of carboxylic acid groups (broad SMARTS) is 1. The number of halogens is 3. The molecule has 8 nitrogen and oxygen atoms in total. The van der Waals surface area contributed by atoms with Gasteiger partial charge in [-0.25, -0.2) is 9.78 Å². The van der Waals surface area contributed by atoms with Crippen LogP contribution in [0.3, 0.4) is 0 Å². The molecule has 33 heavy (non-hydrogen) atoms. The fourth-order valence-corrected chi connectivity index (χ4v) is 3.70. The zero-order valence-corrected chi connectivity index (χ0v) is 17.5. The summed E-state index contributed by atoms with van der Waals surface area (Å²) in [5.74, 6) is -1.31. The van der Waals surface area contributed by atoms with Crippen molar-refractivity contribution in [1.29, 1.82) is 0 Å². The van der Waals surface area contributed by atoms with Gasteiger partial charge in [0.2, 0.25) is 5.82 Å². The molecule has 0 spiro atoms. The van der Waals surface area contributed by atoms with Gasteiger partial charge in [0.15, 0.2) is 11.4 Å². The van der Waals surface area contributed by atoms with E-state index < -0.39 is 23.5 Å². The molecule has 2 heterocycles. The Morgan fingerprint density at radius 2 is 1.88 bits per heavy atom. The van der Waals surface area contributed by atoms with E-state index >= 15 is 0 Å². The number of hydrogen-bond donors (Lipinski definition) is 2. The second-order valence-electron chi connectivity index (χ2n) is 7.35. The molecule has 0 atom stereocenters. The number of H-pyrrole nitrogens is 1. The summed E-state index contributed by atoms with van der Waals surface area (Å²) >= 11 is 0. The van der Waals surface area contributed by atoms with Crippen LogP contribution in [0.1, 0.15) is 40.9 Å². The molecule has 4 aromatic rings. The zero-order chi connectivity index (χ0) is 23.6. The fraction of sp³-hybridized carbons (Fsp3) is 0.227. The van der Waals surface area contributed by atoms with Crippen LogP contribution in [0.15, 0.2) is 48.5 Å². The first-order valence-electron chi connectivity index (χ1n) is 10.1. The first-order valence-corrected chi connectivity index (χ1v) is 10.1. The number of aromatic carboxylic acids is 1. The van der Waals surface area contributed by atoms with Crippen molar-refractivity contribution in [3.63, 3.8) is 0 Å². The molecule has 0 fully saturated rings. The van der Waals surface area contributed by atoms with Crippen LogP contribution in [0, 0.1) is 0 Å². The number of imidazole rings is 1. The molecule has 2 aromatic heterocycles. The Balaban J connectivity index is 1.84. The Hall–Kier alpha value is -4.02. The molecular weight excluding hydrogens is 437 g/mol. The topological polar surface area (TPSA) is 110 Å². The first kappa shape index (κ1) is 22.2. The standard InChI is InChI=1S/C22H19F3N6O2/c1-2-6-17-26-19(22(23,24)25)18(21(32)33)31(17)12-13-9-10-15(14-7-4-3-5-8-14)16(11-13)20-27-29-30-28-20/h3-5,7-11H,2,6,12H2,1H3,(H,32,33)(H,27,28,29,30). The molecule has 0 amide bonds. The summed E-state index contributed by atoms with van der Waals surface area (Å²) in [4.78, 5) is 15.4. The fourth-order valence-electron chi connectivity index (χ4n) is 3.70. The van der Waals surface area contributed by atoms with E-state index in [2.05, 4.69) is 25.6 Å². The molecule has 0 unspecified atom stereocenters. The van der Waals surface area contributed by atoms with Crippen LogP contribution in [0.4, 0.5) is 13.2 Å². The average molecular weight is 456 g/mol. The van der Waals surface area contributed by atoms with Crippen molar-refractivity contribution in [3.8, 4) is 22.5 Å². The van der Waals surface area contributed by atoms with Gasteiger partial charge in [-0.2, -0.15) is 18.4 Å². The average Bonchev–Trinajstić information content (AvgIpc) is 3.43. The minimum absolute atomic E-state index is 0.0653. The van der Waals surface area contributed by atoms with Crippen molar-refractivity contribution in [2.24, 2.45) is 0 Å². The van der Waals surface area contributed by atoms with Gasteiger partial charge in [-0.1, -0.05) is 49.4 Å². The summed E-state index contributed by atoms with van der Waals surface area (Å²) in [5, 5.41) is 23.7. The summed E-state index contributed by atoms with van der Waals surface area (Å²) in [5.41, 5.74) is 0.605. The molecule has 11 heteroatoms. The zero-order valence-electron chi connectivity index (χ0n) is 17.5. The third-order valence-corrected chi connectivity index (χ3v) is 5.09. The number of alkyl halides is 3. The Labute approximate surface area is 186 Å². The molecule has 0 aliphatic heterocycles. The summed E-state index contributed by atoms with van der Waals surface area (Å²) in [6.45, 7) is 1.68. The number of carbonyl (C=O) groups is 1. The lowest BCUT2D eigenvalue weighted by atomic mass is 9.97. The Morgan fingerprint density at radius 1 is 1.12 bits per heavy atom. The monoisotopic (exact) mass is 456 g/mol. The Kier molecular flexibility index (Phi) is 5.95. The van der Waals surface area contributed by atoms with Gasteiger partial charge in [-0.3, -0.25) is 0 Å². The maximum absolute atomic E-state index is 13.5. The highest BCUT2D eigenvalue weighted by molar-refractivity contribution is 5.87. The van der Waals surface area contributed by atoms with Gasteiger partial charge in [-0.05, 0) is 34.4 Å². The number of aryl methyl sites for hydroxylation is 1. The van der Waals surface area contributed by atoms with Crippen molar-refractivity contribution in [1.82, 2.24) is 30.2 Å². The van der Waals surface area contributed by atoms with Gasteiger partial charge in [0.1, 0.15) is 5.82 Å². The summed E-state index contributed by atoms with van der Waals surface area (Å²) in [6.07, 6.45) is -4.17. The minimum Gasteiger partial charge on any atom is -0.477 e. The predicted octanol–water partition coefficient (Wildman–Crippen LogP) is 4.45. The van der Waals surface area contributed by atoms with Gasteiger partial charge in [0, 0.05) is 18.5 Å². The Morgan fingerprint density at radius 3 is 2.48 bits per heavy atom. The van der Waals surface area contributed by atoms with Gasteiger partial charge >= 0.3 is 12.1 Å². The number of benzene rings is 2. The highest BCUT2D eigenvalue weighted by Crippen LogP contribution is 2.34. The van der Waals surface area contributed by atoms with Crippen molar-refractivity contribution in [2.75, 3.05) is 0 Å². The lowest BCUT2D eigenvalue weighted by Gasteiger charge is -2.13. The molecule has 0 bridgehead atoms. The van der Waals surface area contributed by atoms with Crippen LogP contribution in [0.5, 0.6) is 0 Å². The third-order valence-electron chi connectivity index (χ3n) is 5.09. The Bertz CT molecular complexity index is 1270. The van der Waals surface area contributed by atoms with E-state index in [1.165, 1.54) is 0 Å². The van der Waals surface area contributed by atoms with Gasteiger partial charge in [-0.15, -0.1) is 10.2 Å². The van der Waals surface area contributed by atoms with Crippen LogP contribution >= 0.6 is 0 Å². The first-order chi connectivity index (χ1) is 15.8. The molecule has 2 aromatic carbocycles. The molecular formula is C22H19F3N6O2. The van der Waals surface area contributed by atoms with E-state index in [4.69, 9.17) is 0 Å². The van der Waals surface area contributed by atoms with E-state index in [1.807, 2.05) is 30.3 Å². The highest BCUT2D eigenvalue weighted by Gasteiger charge is 2.41. The second-order valence-corrected chi connectivity index (χ2v) is 7.35. The number of rotatable bonds is 7. The largest absolute Gasteiger partial charge is 0.477 e. The lowest BCUT2D eigenvalue weighted by Crippen LogP contribution is -2.17. The minimum atomic E-state index is -4.88. The maximum Gasteiger partial charge on any atom is 0.435 e. The SMILES string of the molecule is CCCc1nc(C(F)(F)F)c(C(=O)O)n1Cc1ccc(-c2ccccc2)c(-c2nn[nH]n2)c1. The highest BCUT2D eigenvalue weighted by atomic mass is 19.4. The summed E-state index contributed by atoms with van der Waals surface area (Å²) in [6, 6.07) is 14.7. The summed E-state index contributed by atoms with van der Waals surface area (Å²) in [7, 11) is 0. The smallest absolute Gasteiger partial charge is 0.435 e. The van der Waals surface area contributed by atoms with Crippen LogP contribution < -0.4 is 0 Å². The van der Waals surface area contributed by atoms with E-state index in [1.54, 1.807) is 25.1 Å². The number of nitrogens with zero attached hydrogens (tertiary/aromatic N) is 5. The van der Waals surface area contributed by atoms with E-state index in [0.717, 1.165) is 15.7 Å². The van der Waals surface area contributed by atoms with E-state index in [-0.39, 0.29) is 18.8 Å². The molecule has 0 aliphatic carbocycles. The number of aromatic amines is 1. The molecule has 0 radical (unpaired) electrons. The van der Waals surface area contributed by atoms with Crippen LogP contribution in [-0.4, -0.2) is 41.3 Å². The van der Waals surface area contributed by atoms with Crippen LogP contribution in [-0.2, 0) is 19.1 Å². The summed E-state index contributed by atoms with van der Waals surface area (Å²) < 4.78 is 41.6. The number of tetrazole rings is 1. The molecule has 2 N–H and O–H groups in total. The molecule has 170 valence electrons. The van der Waals surface area contributed by atoms with E-state index in [0.29, 0.717) is 23.4 Å². The van der Waals surface area contributed by atoms with Crippen LogP contribution in [0.25, 0.3) is 22.5 Å². The van der Waals surface area contributed by atoms with Crippen molar-refractivity contribution < 1.29 is 23.1 Å². The number of nitrogens with one attached hydrogen (secondary N) is 1. The predicted molar refractivity (Wildman–Crippen MR) is 112 cm³/mol. The van der Waals surface area contributed by atoms with Gasteiger partial charge < -0.3 is 9.67 Å². The van der Waals surface area contributed by atoms with Crippen molar-refractivity contribution in [3.05, 3.63) is 71.3 Å². The van der Waals surface area contributed by atoms with E-state index in [9.17, 15) is 23.1 Å².